The Bertz CT molecular complexity index is 2170. The Hall–Kier alpha value is -5.74. The zero-order valence-corrected chi connectivity index (χ0v) is 42.0. The average molecular weight is 964 g/mol. The quantitative estimate of drug-likeness (QED) is 0.113. The number of methoxy groups -OCH3 is 2. The largest absolute Gasteiger partial charge is 0.453 e. The van der Waals surface area contributed by atoms with Gasteiger partial charge in [-0.05, 0) is 73.5 Å². The van der Waals surface area contributed by atoms with Crippen LogP contribution < -0.4 is 26.6 Å². The summed E-state index contributed by atoms with van der Waals surface area (Å²) in [5, 5.41) is 13.7. The fourth-order valence-electron chi connectivity index (χ4n) is 8.50. The number of hydrogen-bond acceptors (Lipinski definition) is 13. The Morgan fingerprint density at radius 1 is 0.791 bits per heavy atom. The molecule has 0 aliphatic carbocycles. The van der Waals surface area contributed by atoms with E-state index in [1.807, 2.05) is 24.6 Å². The van der Waals surface area contributed by atoms with Crippen molar-refractivity contribution in [1.29, 1.82) is 0 Å². The normalized spacial score (nSPS) is 20.3. The van der Waals surface area contributed by atoms with E-state index in [0.717, 1.165) is 42.8 Å². The number of carbonyl (C=O) groups is 6. The van der Waals surface area contributed by atoms with Crippen molar-refractivity contribution in [2.75, 3.05) is 42.8 Å². The number of benzene rings is 1. The van der Waals surface area contributed by atoms with Crippen molar-refractivity contribution in [1.82, 2.24) is 25.1 Å². The van der Waals surface area contributed by atoms with Crippen LogP contribution in [0.5, 0.6) is 0 Å². The highest BCUT2D eigenvalue weighted by Gasteiger charge is 2.42. The molecule has 5 N–H and O–H groups in total. The van der Waals surface area contributed by atoms with Crippen molar-refractivity contribution >= 4 is 74.4 Å². The van der Waals surface area contributed by atoms with Crippen LogP contribution in [0.4, 0.5) is 25.5 Å². The van der Waals surface area contributed by atoms with E-state index in [2.05, 4.69) is 103 Å². The lowest BCUT2D eigenvalue weighted by Gasteiger charge is -2.32. The predicted octanol–water partition coefficient (Wildman–Crippen LogP) is 8.01. The van der Waals surface area contributed by atoms with Crippen LogP contribution in [-0.4, -0.2) is 101 Å². The number of ether oxygens (including phenoxy) is 2. The topological polar surface area (TPSA) is 218 Å². The van der Waals surface area contributed by atoms with E-state index >= 15 is 0 Å². The molecule has 5 heterocycles. The third-order valence-electron chi connectivity index (χ3n) is 12.7. The molecule has 1 aromatic carbocycles. The SMILES string of the molecule is C#C.CC[C@H](C)CC(=O)N1CCC[C@H]1C(=O)Nc1nc([C@H]2CC[C@H](c3csc(NC(=O)[C@@H]4CCCN4C(=O)[C@@H](NC(=O)OC)[C@@H](C)CC)n3)N2c2ccc(C(C)(C)C)cc2)cs1.COC(N)=O. The summed E-state index contributed by atoms with van der Waals surface area (Å²) in [5.41, 5.74) is 8.32. The van der Waals surface area contributed by atoms with Gasteiger partial charge in [0.15, 0.2) is 10.3 Å². The van der Waals surface area contributed by atoms with Crippen molar-refractivity contribution in [2.45, 2.75) is 142 Å². The summed E-state index contributed by atoms with van der Waals surface area (Å²) in [6, 6.07) is 6.41. The molecule has 0 spiro atoms. The van der Waals surface area contributed by atoms with Crippen LogP contribution in [0.15, 0.2) is 35.0 Å². The summed E-state index contributed by atoms with van der Waals surface area (Å²) < 4.78 is 8.67. The van der Waals surface area contributed by atoms with E-state index in [-0.39, 0.29) is 53.0 Å². The molecule has 0 saturated carbocycles. The molecule has 7 atom stereocenters. The average Bonchev–Trinajstić information content (AvgIpc) is 4.18. The number of nitrogens with two attached hydrogens (primary N) is 1. The van der Waals surface area contributed by atoms with Gasteiger partial charge in [0.1, 0.15) is 18.1 Å². The Balaban J connectivity index is 0.00000131. The summed E-state index contributed by atoms with van der Waals surface area (Å²) >= 11 is 2.74. The first-order valence-corrected chi connectivity index (χ1v) is 24.7. The van der Waals surface area contributed by atoms with Crippen molar-refractivity contribution < 1.29 is 38.2 Å². The lowest BCUT2D eigenvalue weighted by Crippen LogP contribution is -2.54. The van der Waals surface area contributed by atoms with Gasteiger partial charge in [-0.25, -0.2) is 19.6 Å². The Kier molecular flexibility index (Phi) is 20.0. The zero-order valence-electron chi connectivity index (χ0n) is 40.3. The molecule has 2 aromatic heterocycles. The molecule has 3 aliphatic rings. The van der Waals surface area contributed by atoms with Gasteiger partial charge in [0.2, 0.25) is 23.6 Å². The Morgan fingerprint density at radius 3 is 1.73 bits per heavy atom. The number of thiazole rings is 2. The number of nitrogens with zero attached hydrogens (tertiary/aromatic N) is 5. The van der Waals surface area contributed by atoms with Crippen molar-refractivity contribution in [3.63, 3.8) is 0 Å². The van der Waals surface area contributed by atoms with Gasteiger partial charge in [0.25, 0.3) is 0 Å². The molecule has 6 amide bonds. The van der Waals surface area contributed by atoms with E-state index in [9.17, 15) is 28.8 Å². The monoisotopic (exact) mass is 963 g/mol. The predicted molar refractivity (Wildman–Crippen MR) is 263 cm³/mol. The minimum atomic E-state index is -0.807. The molecule has 19 heteroatoms. The number of anilines is 3. The number of primary amides is 1. The van der Waals surface area contributed by atoms with E-state index in [1.165, 1.54) is 42.5 Å². The summed E-state index contributed by atoms with van der Waals surface area (Å²) in [4.78, 5) is 91.2. The van der Waals surface area contributed by atoms with E-state index in [0.29, 0.717) is 55.5 Å². The maximum Gasteiger partial charge on any atom is 0.407 e. The third kappa shape index (κ3) is 13.9. The number of likely N-dealkylation sites (tertiary alicyclic amines) is 2. The van der Waals surface area contributed by atoms with Crippen LogP contribution in [0.25, 0.3) is 0 Å². The maximum atomic E-state index is 13.8. The summed E-state index contributed by atoms with van der Waals surface area (Å²) in [7, 11) is 2.49. The van der Waals surface area contributed by atoms with Crippen LogP contribution in [0.3, 0.4) is 0 Å². The van der Waals surface area contributed by atoms with Crippen LogP contribution >= 0.6 is 22.7 Å². The highest BCUT2D eigenvalue weighted by Crippen LogP contribution is 2.48. The lowest BCUT2D eigenvalue weighted by atomic mass is 9.87. The van der Waals surface area contributed by atoms with Crippen LogP contribution in [0, 0.1) is 24.7 Å². The number of aromatic nitrogens is 2. The molecule has 366 valence electrons. The molecule has 3 aliphatic heterocycles. The molecule has 3 fully saturated rings. The molecular formula is C48H69N9O8S2. The van der Waals surface area contributed by atoms with Crippen molar-refractivity contribution in [3.05, 3.63) is 52.0 Å². The molecule has 6 rings (SSSR count). The number of amides is 6. The standard InChI is InChI=1S/C44H62N8O6S2.C2H5NO2.C2H2/c1-9-26(3)23-36(53)50-21-11-13-34(50)38(54)48-41-45-30(24-59-41)32-19-20-33(52(32)29-17-15-28(16-18-29)44(5,6)7)31-25-60-42(46-31)49-39(55)35-14-12-22-51(35)40(56)37(27(4)10-2)47-43(57)58-8;1-5-2(3)4;1-2/h15-18,24-27,32-35,37H,9-14,19-23H2,1-8H3,(H,47,57)(H,45,48,54)(H,46,49,55);1H3,(H2,3,4);1-2H/t26-,27-,32+,33+,34-,35-,37-;;/m0../s1. The van der Waals surface area contributed by atoms with Crippen LogP contribution in [0.1, 0.15) is 135 Å². The second-order valence-electron chi connectivity index (χ2n) is 18.1. The molecule has 0 unspecified atom stereocenters. The molecule has 3 saturated heterocycles. The maximum absolute atomic E-state index is 13.8. The highest BCUT2D eigenvalue weighted by molar-refractivity contribution is 7.14. The van der Waals surface area contributed by atoms with E-state index < -0.39 is 30.3 Å². The molecule has 0 radical (unpaired) electrons. The minimum Gasteiger partial charge on any atom is -0.453 e. The van der Waals surface area contributed by atoms with Gasteiger partial charge in [-0.1, -0.05) is 73.4 Å². The molecule has 3 aromatic rings. The number of alkyl carbamates (subject to hydrolysis) is 1. The molecule has 17 nitrogen and oxygen atoms in total. The van der Waals surface area contributed by atoms with Crippen molar-refractivity contribution in [3.8, 4) is 12.8 Å². The smallest absolute Gasteiger partial charge is 0.407 e. The van der Waals surface area contributed by atoms with E-state index in [4.69, 9.17) is 14.7 Å². The first-order valence-electron chi connectivity index (χ1n) is 22.9. The summed E-state index contributed by atoms with van der Waals surface area (Å²) in [5.74, 6) is -0.645. The molecule has 67 heavy (non-hydrogen) atoms. The molecule has 0 bridgehead atoms. The fraction of sp³-hybridized carbons (Fsp3) is 0.583. The highest BCUT2D eigenvalue weighted by atomic mass is 32.1. The first-order chi connectivity index (χ1) is 31.9. The van der Waals surface area contributed by atoms with Gasteiger partial charge in [-0.2, -0.15) is 0 Å². The van der Waals surface area contributed by atoms with Gasteiger partial charge in [0, 0.05) is 36.0 Å². The van der Waals surface area contributed by atoms with Gasteiger partial charge in [-0.3, -0.25) is 19.2 Å². The van der Waals surface area contributed by atoms with Gasteiger partial charge < -0.3 is 45.9 Å². The minimum absolute atomic E-state index is 0.0212. The van der Waals surface area contributed by atoms with Crippen LogP contribution in [0.2, 0.25) is 0 Å². The zero-order chi connectivity index (χ0) is 49.6. The first kappa shape index (κ1) is 53.9. The number of rotatable bonds is 14. The number of nitrogens with one attached hydrogen (secondary N) is 3. The number of terminal acetylenes is 1. The Morgan fingerprint density at radius 2 is 1.28 bits per heavy atom. The summed E-state index contributed by atoms with van der Waals surface area (Å²) in [6.07, 6.45) is 12.8. The third-order valence-corrected chi connectivity index (χ3v) is 14.2. The van der Waals surface area contributed by atoms with E-state index in [1.54, 1.807) is 9.80 Å². The fourth-order valence-corrected chi connectivity index (χ4v) is 10.0. The van der Waals surface area contributed by atoms with Gasteiger partial charge in [0.05, 0.1) is 37.7 Å². The number of carbonyl (C=O) groups excluding carboxylic acids is 6. The van der Waals surface area contributed by atoms with Gasteiger partial charge in [-0.15, -0.1) is 35.5 Å². The van der Waals surface area contributed by atoms with Crippen LogP contribution in [-0.2, 0) is 34.1 Å². The summed E-state index contributed by atoms with van der Waals surface area (Å²) in [6.45, 7) is 15.6. The Labute approximate surface area is 403 Å². The number of hydrogen-bond donors (Lipinski definition) is 4. The molecular weight excluding hydrogens is 895 g/mol. The van der Waals surface area contributed by atoms with Crippen molar-refractivity contribution in [2.24, 2.45) is 17.6 Å². The lowest BCUT2D eigenvalue weighted by molar-refractivity contribution is -0.139. The second-order valence-corrected chi connectivity index (χ2v) is 19.8. The van der Waals surface area contributed by atoms with Gasteiger partial charge >= 0.3 is 12.2 Å². The second kappa shape index (κ2) is 24.9.